The summed E-state index contributed by atoms with van der Waals surface area (Å²) in [6.45, 7) is 8.87. The molecule has 0 bridgehead atoms. The summed E-state index contributed by atoms with van der Waals surface area (Å²) in [5.74, 6) is 0. The molecule has 0 aliphatic carbocycles. The van der Waals surface area contributed by atoms with E-state index in [9.17, 15) is 8.42 Å². The van der Waals surface area contributed by atoms with Crippen molar-refractivity contribution in [2.24, 2.45) is 0 Å². The summed E-state index contributed by atoms with van der Waals surface area (Å²) in [6.07, 6.45) is 0. The molecule has 1 aliphatic rings. The third-order valence-electron chi connectivity index (χ3n) is 2.97. The van der Waals surface area contributed by atoms with E-state index in [-0.39, 0.29) is 5.25 Å². The lowest BCUT2D eigenvalue weighted by atomic mass is 10.3. The molecule has 0 spiro atoms. The molecule has 1 fully saturated rings. The van der Waals surface area contributed by atoms with E-state index in [1.807, 2.05) is 0 Å². The van der Waals surface area contributed by atoms with E-state index in [0.717, 1.165) is 32.7 Å². The predicted molar refractivity (Wildman–Crippen MR) is 66.0 cm³/mol. The molecular formula is C10H23N3O2S. The van der Waals surface area contributed by atoms with Gasteiger partial charge in [-0.1, -0.05) is 0 Å². The summed E-state index contributed by atoms with van der Waals surface area (Å²) in [5.41, 5.74) is 0. The molecule has 1 heterocycles. The lowest BCUT2D eigenvalue weighted by Gasteiger charge is -2.29. The van der Waals surface area contributed by atoms with E-state index in [1.165, 1.54) is 4.31 Å². The van der Waals surface area contributed by atoms with Gasteiger partial charge in [0.25, 0.3) is 0 Å². The highest BCUT2D eigenvalue weighted by atomic mass is 32.2. The SMILES string of the molecule is CC(C)S(=O)(=O)N(C)CCN1CCNCC1. The number of hydrogen-bond donors (Lipinski definition) is 1. The summed E-state index contributed by atoms with van der Waals surface area (Å²) < 4.78 is 25.1. The van der Waals surface area contributed by atoms with Crippen LogP contribution in [0.3, 0.4) is 0 Å². The van der Waals surface area contributed by atoms with E-state index in [0.29, 0.717) is 6.54 Å². The molecular weight excluding hydrogens is 226 g/mol. The minimum Gasteiger partial charge on any atom is -0.314 e. The van der Waals surface area contributed by atoms with Crippen LogP contribution < -0.4 is 5.32 Å². The molecule has 1 N–H and O–H groups in total. The first kappa shape index (κ1) is 13.9. The van der Waals surface area contributed by atoms with Crippen LogP contribution in [0.25, 0.3) is 0 Å². The van der Waals surface area contributed by atoms with Gasteiger partial charge in [-0.05, 0) is 13.8 Å². The Labute approximate surface area is 98.8 Å². The van der Waals surface area contributed by atoms with Crippen LogP contribution in [-0.2, 0) is 10.0 Å². The molecule has 0 unspecified atom stereocenters. The van der Waals surface area contributed by atoms with Crippen molar-refractivity contribution in [3.63, 3.8) is 0 Å². The van der Waals surface area contributed by atoms with Gasteiger partial charge < -0.3 is 5.32 Å². The predicted octanol–water partition coefficient (Wildman–Crippen LogP) is -0.438. The second kappa shape index (κ2) is 5.95. The maximum Gasteiger partial charge on any atom is 0.216 e. The van der Waals surface area contributed by atoms with Gasteiger partial charge in [-0.2, -0.15) is 0 Å². The van der Waals surface area contributed by atoms with Crippen LogP contribution in [0.15, 0.2) is 0 Å². The van der Waals surface area contributed by atoms with Crippen molar-refractivity contribution in [2.45, 2.75) is 19.1 Å². The van der Waals surface area contributed by atoms with Gasteiger partial charge in [-0.25, -0.2) is 12.7 Å². The van der Waals surface area contributed by atoms with Crippen molar-refractivity contribution >= 4 is 10.0 Å². The van der Waals surface area contributed by atoms with Crippen molar-refractivity contribution < 1.29 is 8.42 Å². The third kappa shape index (κ3) is 3.69. The zero-order valence-corrected chi connectivity index (χ0v) is 11.3. The fourth-order valence-electron chi connectivity index (χ4n) is 1.70. The van der Waals surface area contributed by atoms with Crippen LogP contribution in [0, 0.1) is 0 Å². The number of hydrogen-bond acceptors (Lipinski definition) is 4. The van der Waals surface area contributed by atoms with Crippen molar-refractivity contribution in [2.75, 3.05) is 46.3 Å². The van der Waals surface area contributed by atoms with Crippen molar-refractivity contribution in [1.29, 1.82) is 0 Å². The van der Waals surface area contributed by atoms with Gasteiger partial charge in [-0.15, -0.1) is 0 Å². The zero-order chi connectivity index (χ0) is 12.2. The Morgan fingerprint density at radius 1 is 1.31 bits per heavy atom. The highest BCUT2D eigenvalue weighted by molar-refractivity contribution is 7.89. The summed E-state index contributed by atoms with van der Waals surface area (Å²) in [4.78, 5) is 2.29. The van der Waals surface area contributed by atoms with Crippen LogP contribution in [-0.4, -0.2) is 69.2 Å². The average molecular weight is 249 g/mol. The van der Waals surface area contributed by atoms with Crippen LogP contribution in [0.4, 0.5) is 0 Å². The van der Waals surface area contributed by atoms with Crippen LogP contribution in [0.5, 0.6) is 0 Å². The molecule has 0 amide bonds. The summed E-state index contributed by atoms with van der Waals surface area (Å²) in [5, 5.41) is 2.94. The lowest BCUT2D eigenvalue weighted by molar-refractivity contribution is 0.229. The molecule has 0 saturated carbocycles. The Bertz CT molecular complexity index is 297. The van der Waals surface area contributed by atoms with Gasteiger partial charge in [-0.3, -0.25) is 4.90 Å². The van der Waals surface area contributed by atoms with Gasteiger partial charge >= 0.3 is 0 Å². The number of nitrogens with zero attached hydrogens (tertiary/aromatic N) is 2. The molecule has 0 aromatic carbocycles. The molecule has 16 heavy (non-hydrogen) atoms. The maximum absolute atomic E-state index is 11.8. The van der Waals surface area contributed by atoms with Crippen LogP contribution >= 0.6 is 0 Å². The Kier molecular flexibility index (Phi) is 5.17. The lowest BCUT2D eigenvalue weighted by Crippen LogP contribution is -2.47. The molecule has 1 aliphatic heterocycles. The highest BCUT2D eigenvalue weighted by Gasteiger charge is 2.22. The Balaban J connectivity index is 2.37. The number of sulfonamides is 1. The molecule has 0 atom stereocenters. The van der Waals surface area contributed by atoms with E-state index in [1.54, 1.807) is 20.9 Å². The Morgan fingerprint density at radius 3 is 2.38 bits per heavy atom. The van der Waals surface area contributed by atoms with Gasteiger partial charge in [0.1, 0.15) is 0 Å². The van der Waals surface area contributed by atoms with E-state index < -0.39 is 10.0 Å². The molecule has 0 aromatic heterocycles. The largest absolute Gasteiger partial charge is 0.314 e. The number of piperazine rings is 1. The monoisotopic (exact) mass is 249 g/mol. The molecule has 1 saturated heterocycles. The Morgan fingerprint density at radius 2 is 1.88 bits per heavy atom. The van der Waals surface area contributed by atoms with Gasteiger partial charge in [0.15, 0.2) is 0 Å². The summed E-state index contributed by atoms with van der Waals surface area (Å²) >= 11 is 0. The fourth-order valence-corrected chi connectivity index (χ4v) is 2.76. The fraction of sp³-hybridized carbons (Fsp3) is 1.00. The minimum atomic E-state index is -3.09. The molecule has 0 aromatic rings. The van der Waals surface area contributed by atoms with E-state index in [2.05, 4.69) is 10.2 Å². The number of rotatable bonds is 5. The van der Waals surface area contributed by atoms with Crippen molar-refractivity contribution in [3.8, 4) is 0 Å². The van der Waals surface area contributed by atoms with Gasteiger partial charge in [0, 0.05) is 46.3 Å². The first-order valence-corrected chi connectivity index (χ1v) is 7.33. The summed E-state index contributed by atoms with van der Waals surface area (Å²) in [7, 11) is -1.42. The van der Waals surface area contributed by atoms with Crippen LogP contribution in [0.1, 0.15) is 13.8 Å². The van der Waals surface area contributed by atoms with Gasteiger partial charge in [0.05, 0.1) is 5.25 Å². The van der Waals surface area contributed by atoms with E-state index in [4.69, 9.17) is 0 Å². The standard InChI is InChI=1S/C10H23N3O2S/c1-10(2)16(14,15)12(3)8-9-13-6-4-11-5-7-13/h10-11H,4-9H2,1-3H3. The number of likely N-dealkylation sites (N-methyl/N-ethyl adjacent to an activating group) is 1. The average Bonchev–Trinajstić information content (AvgIpc) is 2.27. The van der Waals surface area contributed by atoms with Crippen molar-refractivity contribution in [1.82, 2.24) is 14.5 Å². The molecule has 0 radical (unpaired) electrons. The topological polar surface area (TPSA) is 52.7 Å². The second-order valence-corrected chi connectivity index (χ2v) is 7.10. The molecule has 1 rings (SSSR count). The smallest absolute Gasteiger partial charge is 0.216 e. The first-order valence-electron chi connectivity index (χ1n) is 5.83. The van der Waals surface area contributed by atoms with E-state index >= 15 is 0 Å². The zero-order valence-electron chi connectivity index (χ0n) is 10.4. The second-order valence-electron chi connectivity index (χ2n) is 4.51. The molecule has 5 nitrogen and oxygen atoms in total. The minimum absolute atomic E-state index is 0.333. The maximum atomic E-state index is 11.8. The molecule has 6 heteroatoms. The van der Waals surface area contributed by atoms with Gasteiger partial charge in [0.2, 0.25) is 10.0 Å². The quantitative estimate of drug-likeness (QED) is 0.718. The molecule has 96 valence electrons. The van der Waals surface area contributed by atoms with Crippen molar-refractivity contribution in [3.05, 3.63) is 0 Å². The first-order chi connectivity index (χ1) is 7.44. The highest BCUT2D eigenvalue weighted by Crippen LogP contribution is 2.05. The van der Waals surface area contributed by atoms with Crippen LogP contribution in [0.2, 0.25) is 0 Å². The number of nitrogens with one attached hydrogen (secondary N) is 1. The third-order valence-corrected chi connectivity index (χ3v) is 5.21. The summed E-state index contributed by atoms with van der Waals surface area (Å²) in [6, 6.07) is 0. The normalized spacial score (nSPS) is 19.6. The Hall–Kier alpha value is -0.170.